The van der Waals surface area contributed by atoms with E-state index in [9.17, 15) is 0 Å². The average Bonchev–Trinajstić information content (AvgIpc) is 2.97. The molecule has 1 aromatic carbocycles. The first-order valence-electron chi connectivity index (χ1n) is 8.57. The van der Waals surface area contributed by atoms with Gasteiger partial charge in [-0.25, -0.2) is 0 Å². The largest absolute Gasteiger partial charge is 0.372 e. The molecule has 1 saturated heterocycles. The second-order valence-corrected chi connectivity index (χ2v) is 5.89. The van der Waals surface area contributed by atoms with Crippen molar-refractivity contribution >= 4 is 5.69 Å². The van der Waals surface area contributed by atoms with Crippen LogP contribution in [0.15, 0.2) is 24.3 Å². The topological polar surface area (TPSA) is 18.5 Å². The van der Waals surface area contributed by atoms with Crippen molar-refractivity contribution in [1.82, 2.24) is 10.2 Å². The van der Waals surface area contributed by atoms with Gasteiger partial charge in [-0.1, -0.05) is 19.1 Å². The summed E-state index contributed by atoms with van der Waals surface area (Å²) in [4.78, 5) is 4.98. The third kappa shape index (κ3) is 4.45. The monoisotopic (exact) mass is 289 g/mol. The minimum atomic E-state index is 0.741. The normalized spacial score (nSPS) is 19.1. The first kappa shape index (κ1) is 16.3. The molecule has 1 aliphatic rings. The predicted octanol–water partition coefficient (Wildman–Crippen LogP) is 3.11. The Labute approximate surface area is 130 Å². The number of likely N-dealkylation sites (tertiary alicyclic amines) is 1. The predicted molar refractivity (Wildman–Crippen MR) is 92.0 cm³/mol. The van der Waals surface area contributed by atoms with Crippen LogP contribution >= 0.6 is 0 Å². The summed E-state index contributed by atoms with van der Waals surface area (Å²) in [6, 6.07) is 9.75. The van der Waals surface area contributed by atoms with E-state index in [1.165, 1.54) is 37.2 Å². The number of nitrogens with zero attached hydrogens (tertiary/aromatic N) is 2. The minimum absolute atomic E-state index is 0.741. The molecule has 1 aliphatic heterocycles. The molecule has 0 amide bonds. The molecule has 1 aromatic rings. The van der Waals surface area contributed by atoms with E-state index in [1.54, 1.807) is 0 Å². The van der Waals surface area contributed by atoms with Gasteiger partial charge in [-0.15, -0.1) is 0 Å². The van der Waals surface area contributed by atoms with Gasteiger partial charge in [0.15, 0.2) is 0 Å². The Morgan fingerprint density at radius 2 is 1.86 bits per heavy atom. The average molecular weight is 289 g/mol. The number of anilines is 1. The van der Waals surface area contributed by atoms with E-state index in [1.807, 2.05) is 0 Å². The zero-order chi connectivity index (χ0) is 15.1. The molecule has 0 aromatic heterocycles. The second kappa shape index (κ2) is 8.40. The van der Waals surface area contributed by atoms with Gasteiger partial charge in [0.2, 0.25) is 0 Å². The van der Waals surface area contributed by atoms with Gasteiger partial charge in [-0.05, 0) is 57.5 Å². The van der Waals surface area contributed by atoms with Gasteiger partial charge in [0, 0.05) is 37.9 Å². The fraction of sp³-hybridized carbons (Fsp3) is 0.667. The number of benzene rings is 1. The highest BCUT2D eigenvalue weighted by atomic mass is 15.2. The second-order valence-electron chi connectivity index (χ2n) is 5.89. The van der Waals surface area contributed by atoms with Crippen molar-refractivity contribution in [2.75, 3.05) is 37.6 Å². The highest BCUT2D eigenvalue weighted by molar-refractivity contribution is 5.47. The van der Waals surface area contributed by atoms with Gasteiger partial charge in [0.25, 0.3) is 0 Å². The van der Waals surface area contributed by atoms with Gasteiger partial charge in [0.05, 0.1) is 0 Å². The molecule has 0 spiro atoms. The lowest BCUT2D eigenvalue weighted by molar-refractivity contribution is 0.260. The number of hydrogen-bond donors (Lipinski definition) is 1. The molecule has 0 saturated carbocycles. The van der Waals surface area contributed by atoms with Crippen molar-refractivity contribution in [1.29, 1.82) is 0 Å². The van der Waals surface area contributed by atoms with E-state index in [2.05, 4.69) is 60.2 Å². The van der Waals surface area contributed by atoms with E-state index in [0.29, 0.717) is 0 Å². The molecular weight excluding hydrogens is 258 g/mol. The van der Waals surface area contributed by atoms with Gasteiger partial charge in [0.1, 0.15) is 0 Å². The molecule has 3 nitrogen and oxygen atoms in total. The van der Waals surface area contributed by atoms with Gasteiger partial charge in [-0.3, -0.25) is 4.90 Å². The number of nitrogens with one attached hydrogen (secondary N) is 1. The molecule has 1 atom stereocenters. The van der Waals surface area contributed by atoms with Crippen molar-refractivity contribution in [3.05, 3.63) is 29.8 Å². The van der Waals surface area contributed by atoms with E-state index >= 15 is 0 Å². The Morgan fingerprint density at radius 3 is 2.48 bits per heavy atom. The molecule has 1 heterocycles. The molecule has 0 aliphatic carbocycles. The quantitative estimate of drug-likeness (QED) is 0.793. The minimum Gasteiger partial charge on any atom is -0.372 e. The number of likely N-dealkylation sites (N-methyl/N-ethyl adjacent to an activating group) is 1. The van der Waals surface area contributed by atoms with Crippen LogP contribution in [0.1, 0.15) is 39.2 Å². The summed E-state index contributed by atoms with van der Waals surface area (Å²) in [5, 5.41) is 3.63. The molecule has 3 heteroatoms. The molecule has 1 fully saturated rings. The first-order chi connectivity index (χ1) is 10.3. The van der Waals surface area contributed by atoms with E-state index in [-0.39, 0.29) is 0 Å². The Hall–Kier alpha value is -1.06. The summed E-state index contributed by atoms with van der Waals surface area (Å²) in [6.45, 7) is 13.4. The molecule has 0 radical (unpaired) electrons. The zero-order valence-electron chi connectivity index (χ0n) is 13.9. The maximum Gasteiger partial charge on any atom is 0.0366 e. The number of hydrogen-bond acceptors (Lipinski definition) is 3. The Bertz CT molecular complexity index is 397. The third-order valence-corrected chi connectivity index (χ3v) is 4.68. The fourth-order valence-electron chi connectivity index (χ4n) is 3.34. The third-order valence-electron chi connectivity index (χ3n) is 4.68. The highest BCUT2D eigenvalue weighted by Crippen LogP contribution is 2.17. The summed E-state index contributed by atoms with van der Waals surface area (Å²) in [7, 11) is 0. The first-order valence-corrected chi connectivity index (χ1v) is 8.57. The van der Waals surface area contributed by atoms with Crippen LogP contribution in [0.2, 0.25) is 0 Å². The van der Waals surface area contributed by atoms with E-state index < -0.39 is 0 Å². The zero-order valence-corrected chi connectivity index (χ0v) is 13.9. The lowest BCUT2D eigenvalue weighted by Gasteiger charge is -2.23. The molecule has 21 heavy (non-hydrogen) atoms. The Morgan fingerprint density at radius 1 is 1.14 bits per heavy atom. The van der Waals surface area contributed by atoms with Crippen LogP contribution in [0, 0.1) is 0 Å². The van der Waals surface area contributed by atoms with Crippen molar-refractivity contribution in [3.8, 4) is 0 Å². The van der Waals surface area contributed by atoms with Crippen LogP contribution in [-0.4, -0.2) is 43.7 Å². The lowest BCUT2D eigenvalue weighted by Crippen LogP contribution is -2.37. The fourth-order valence-corrected chi connectivity index (χ4v) is 3.34. The standard InChI is InChI=1S/C18H31N3/c1-4-20(5-2)17-11-9-16(10-12-17)14-19-15-18-8-7-13-21(18)6-3/h9-12,18-19H,4-8,13-15H2,1-3H3. The van der Waals surface area contributed by atoms with Gasteiger partial charge >= 0.3 is 0 Å². The summed E-state index contributed by atoms with van der Waals surface area (Å²) < 4.78 is 0. The molecule has 0 bridgehead atoms. The van der Waals surface area contributed by atoms with E-state index in [0.717, 1.165) is 32.2 Å². The smallest absolute Gasteiger partial charge is 0.0366 e. The maximum atomic E-state index is 3.63. The summed E-state index contributed by atoms with van der Waals surface area (Å²) >= 11 is 0. The lowest BCUT2D eigenvalue weighted by atomic mass is 10.1. The maximum absolute atomic E-state index is 3.63. The SMILES string of the molecule is CCN(CC)c1ccc(CNCC2CCCN2CC)cc1. The van der Waals surface area contributed by atoms with Crippen LogP contribution in [0.25, 0.3) is 0 Å². The Kier molecular flexibility index (Phi) is 6.52. The molecule has 118 valence electrons. The van der Waals surface area contributed by atoms with Crippen LogP contribution < -0.4 is 10.2 Å². The van der Waals surface area contributed by atoms with Gasteiger partial charge < -0.3 is 10.2 Å². The summed E-state index contributed by atoms with van der Waals surface area (Å²) in [5.41, 5.74) is 2.71. The molecule has 2 rings (SSSR count). The van der Waals surface area contributed by atoms with Crippen molar-refractivity contribution in [2.24, 2.45) is 0 Å². The van der Waals surface area contributed by atoms with Crippen LogP contribution in [0.3, 0.4) is 0 Å². The molecule has 1 unspecified atom stereocenters. The Balaban J connectivity index is 1.78. The molecular formula is C18H31N3. The van der Waals surface area contributed by atoms with Crippen LogP contribution in [0.5, 0.6) is 0 Å². The van der Waals surface area contributed by atoms with Crippen molar-refractivity contribution in [2.45, 2.75) is 46.2 Å². The summed E-state index contributed by atoms with van der Waals surface area (Å²) in [6.07, 6.45) is 2.71. The molecule has 1 N–H and O–H groups in total. The van der Waals surface area contributed by atoms with Crippen molar-refractivity contribution < 1.29 is 0 Å². The number of rotatable bonds is 8. The highest BCUT2D eigenvalue weighted by Gasteiger charge is 2.21. The van der Waals surface area contributed by atoms with Crippen molar-refractivity contribution in [3.63, 3.8) is 0 Å². The van der Waals surface area contributed by atoms with Crippen LogP contribution in [-0.2, 0) is 6.54 Å². The van der Waals surface area contributed by atoms with Crippen LogP contribution in [0.4, 0.5) is 5.69 Å². The van der Waals surface area contributed by atoms with Gasteiger partial charge in [-0.2, -0.15) is 0 Å². The van der Waals surface area contributed by atoms with E-state index in [4.69, 9.17) is 0 Å². The summed E-state index contributed by atoms with van der Waals surface area (Å²) in [5.74, 6) is 0.